The molecule has 0 unspecified atom stereocenters. The minimum absolute atomic E-state index is 0. The van der Waals surface area contributed by atoms with Gasteiger partial charge in [0.25, 0.3) is 5.91 Å². The van der Waals surface area contributed by atoms with Gasteiger partial charge in [0, 0.05) is 31.8 Å². The number of hydrogen-bond donors (Lipinski definition) is 1. The fourth-order valence-corrected chi connectivity index (χ4v) is 1.55. The van der Waals surface area contributed by atoms with Gasteiger partial charge in [0.05, 0.1) is 11.4 Å². The van der Waals surface area contributed by atoms with Gasteiger partial charge in [-0.1, -0.05) is 11.6 Å². The SMILES string of the molecule is CN(C)C(=O)c1ccc(OCC(=CF)CN)c(Cl)c1.Cl. The molecule has 1 aromatic rings. The van der Waals surface area contributed by atoms with Gasteiger partial charge in [0.1, 0.15) is 12.4 Å². The fraction of sp³-hybridized carbons (Fsp3) is 0.308. The van der Waals surface area contributed by atoms with Gasteiger partial charge in [-0.3, -0.25) is 4.79 Å². The highest BCUT2D eigenvalue weighted by Crippen LogP contribution is 2.26. The van der Waals surface area contributed by atoms with E-state index in [0.29, 0.717) is 28.2 Å². The number of nitrogens with two attached hydrogens (primary N) is 1. The van der Waals surface area contributed by atoms with Gasteiger partial charge < -0.3 is 15.4 Å². The van der Waals surface area contributed by atoms with Gasteiger partial charge in [-0.15, -0.1) is 12.4 Å². The zero-order chi connectivity index (χ0) is 14.4. The summed E-state index contributed by atoms with van der Waals surface area (Å²) in [6.07, 6.45) is 0.415. The normalized spacial score (nSPS) is 10.8. The summed E-state index contributed by atoms with van der Waals surface area (Å²) in [5, 5.41) is 0.294. The number of benzene rings is 1. The molecule has 0 bridgehead atoms. The van der Waals surface area contributed by atoms with Crippen LogP contribution in [0, 0.1) is 0 Å². The molecule has 1 rings (SSSR count). The van der Waals surface area contributed by atoms with Crippen molar-refractivity contribution in [3.8, 4) is 5.75 Å². The molecular formula is C13H17Cl2FN2O2. The molecule has 4 nitrogen and oxygen atoms in total. The zero-order valence-corrected chi connectivity index (χ0v) is 12.8. The van der Waals surface area contributed by atoms with Crippen LogP contribution in [0.4, 0.5) is 4.39 Å². The van der Waals surface area contributed by atoms with E-state index in [4.69, 9.17) is 22.1 Å². The maximum Gasteiger partial charge on any atom is 0.253 e. The molecule has 0 fully saturated rings. The summed E-state index contributed by atoms with van der Waals surface area (Å²) in [4.78, 5) is 13.2. The van der Waals surface area contributed by atoms with E-state index >= 15 is 0 Å². The first-order chi connectivity index (χ1) is 8.99. The topological polar surface area (TPSA) is 55.6 Å². The summed E-state index contributed by atoms with van der Waals surface area (Å²) < 4.78 is 17.6. The molecule has 0 aromatic heterocycles. The third-order valence-corrected chi connectivity index (χ3v) is 2.71. The van der Waals surface area contributed by atoms with E-state index in [1.807, 2.05) is 0 Å². The Kier molecular flexibility index (Phi) is 8.22. The van der Waals surface area contributed by atoms with Crippen LogP contribution >= 0.6 is 24.0 Å². The number of hydrogen-bond acceptors (Lipinski definition) is 3. The van der Waals surface area contributed by atoms with Crippen molar-refractivity contribution in [1.29, 1.82) is 0 Å². The predicted molar refractivity (Wildman–Crippen MR) is 80.5 cm³/mol. The van der Waals surface area contributed by atoms with Crippen molar-refractivity contribution in [2.75, 3.05) is 27.2 Å². The molecule has 0 atom stereocenters. The van der Waals surface area contributed by atoms with Crippen molar-refractivity contribution in [2.24, 2.45) is 5.73 Å². The van der Waals surface area contributed by atoms with Crippen molar-refractivity contribution in [3.05, 3.63) is 40.7 Å². The van der Waals surface area contributed by atoms with Gasteiger partial charge in [-0.2, -0.15) is 0 Å². The standard InChI is InChI=1S/C13H16ClFN2O2.ClH/c1-17(2)13(18)10-3-4-12(11(14)5-10)19-8-9(6-15)7-16;/h3-6H,7-8,16H2,1-2H3;1H. The minimum atomic E-state index is -0.153. The first kappa shape index (κ1) is 18.7. The lowest BCUT2D eigenvalue weighted by atomic mass is 10.2. The van der Waals surface area contributed by atoms with Crippen LogP contribution in [0.1, 0.15) is 10.4 Å². The highest BCUT2D eigenvalue weighted by molar-refractivity contribution is 6.32. The van der Waals surface area contributed by atoms with Gasteiger partial charge in [-0.25, -0.2) is 4.39 Å². The molecule has 0 saturated heterocycles. The van der Waals surface area contributed by atoms with Crippen LogP contribution in [0.5, 0.6) is 5.75 Å². The van der Waals surface area contributed by atoms with E-state index < -0.39 is 0 Å². The first-order valence-electron chi connectivity index (χ1n) is 5.61. The highest BCUT2D eigenvalue weighted by atomic mass is 35.5. The molecule has 0 aliphatic heterocycles. The molecule has 2 N–H and O–H groups in total. The summed E-state index contributed by atoms with van der Waals surface area (Å²) in [5.41, 5.74) is 6.10. The lowest BCUT2D eigenvalue weighted by Crippen LogP contribution is -2.21. The van der Waals surface area contributed by atoms with Crippen LogP contribution in [0.15, 0.2) is 30.1 Å². The maximum absolute atomic E-state index is 12.3. The predicted octanol–water partition coefficient (Wildman–Crippen LogP) is 2.65. The molecule has 0 heterocycles. The van der Waals surface area contributed by atoms with Crippen LogP contribution in [0.2, 0.25) is 5.02 Å². The molecule has 1 amide bonds. The summed E-state index contributed by atoms with van der Waals surface area (Å²) in [6.45, 7) is 0.0962. The Morgan fingerprint density at radius 3 is 2.60 bits per heavy atom. The Labute approximate surface area is 128 Å². The number of nitrogens with zero attached hydrogens (tertiary/aromatic N) is 1. The Morgan fingerprint density at radius 2 is 2.15 bits per heavy atom. The third kappa shape index (κ3) is 5.00. The van der Waals surface area contributed by atoms with Crippen molar-refractivity contribution < 1.29 is 13.9 Å². The highest BCUT2D eigenvalue weighted by Gasteiger charge is 2.11. The molecular weight excluding hydrogens is 306 g/mol. The molecule has 0 spiro atoms. The fourth-order valence-electron chi connectivity index (χ4n) is 1.31. The summed E-state index contributed by atoms with van der Waals surface area (Å²) in [6, 6.07) is 4.69. The van der Waals surface area contributed by atoms with Crippen LogP contribution in [-0.2, 0) is 0 Å². The summed E-state index contributed by atoms with van der Waals surface area (Å²) in [5.74, 6) is 0.226. The van der Waals surface area contributed by atoms with Crippen molar-refractivity contribution in [1.82, 2.24) is 4.90 Å². The Hall–Kier alpha value is -1.30. The molecule has 20 heavy (non-hydrogen) atoms. The van der Waals surface area contributed by atoms with Gasteiger partial charge in [0.15, 0.2) is 0 Å². The molecule has 0 aliphatic carbocycles. The van der Waals surface area contributed by atoms with Crippen molar-refractivity contribution in [3.63, 3.8) is 0 Å². The summed E-state index contributed by atoms with van der Waals surface area (Å²) in [7, 11) is 3.31. The van der Waals surface area contributed by atoms with E-state index in [2.05, 4.69) is 0 Å². The maximum atomic E-state index is 12.3. The van der Waals surface area contributed by atoms with E-state index in [-0.39, 0.29) is 31.5 Å². The second kappa shape index (κ2) is 8.79. The third-order valence-electron chi connectivity index (χ3n) is 2.41. The molecule has 0 aliphatic rings. The molecule has 112 valence electrons. The van der Waals surface area contributed by atoms with E-state index in [1.165, 1.54) is 11.0 Å². The number of carbonyl (C=O) groups excluding carboxylic acids is 1. The Morgan fingerprint density at radius 1 is 1.50 bits per heavy atom. The van der Waals surface area contributed by atoms with E-state index in [9.17, 15) is 9.18 Å². The van der Waals surface area contributed by atoms with Crippen molar-refractivity contribution >= 4 is 29.9 Å². The van der Waals surface area contributed by atoms with Gasteiger partial charge in [0.2, 0.25) is 0 Å². The molecule has 0 saturated carbocycles. The number of carbonyl (C=O) groups is 1. The number of rotatable bonds is 5. The van der Waals surface area contributed by atoms with Gasteiger partial charge in [-0.05, 0) is 18.2 Å². The van der Waals surface area contributed by atoms with E-state index in [1.54, 1.807) is 26.2 Å². The Balaban J connectivity index is 0.00000361. The molecule has 0 radical (unpaired) electrons. The van der Waals surface area contributed by atoms with Crippen LogP contribution in [0.3, 0.4) is 0 Å². The quantitative estimate of drug-likeness (QED) is 0.906. The van der Waals surface area contributed by atoms with Crippen LogP contribution in [0.25, 0.3) is 0 Å². The average molecular weight is 323 g/mol. The lowest BCUT2D eigenvalue weighted by molar-refractivity contribution is 0.0827. The number of amides is 1. The van der Waals surface area contributed by atoms with Gasteiger partial charge >= 0.3 is 0 Å². The second-order valence-corrected chi connectivity index (χ2v) is 4.51. The van der Waals surface area contributed by atoms with Crippen molar-refractivity contribution in [2.45, 2.75) is 0 Å². The smallest absolute Gasteiger partial charge is 0.253 e. The number of ether oxygens (including phenoxy) is 1. The molecule has 7 heteroatoms. The zero-order valence-electron chi connectivity index (χ0n) is 11.2. The van der Waals surface area contributed by atoms with E-state index in [0.717, 1.165) is 0 Å². The van der Waals surface area contributed by atoms with Crippen LogP contribution in [-0.4, -0.2) is 38.1 Å². The lowest BCUT2D eigenvalue weighted by Gasteiger charge is -2.12. The Bertz CT molecular complexity index is 493. The monoisotopic (exact) mass is 322 g/mol. The summed E-state index contributed by atoms with van der Waals surface area (Å²) >= 11 is 6.01. The molecule has 1 aromatic carbocycles. The average Bonchev–Trinajstić information content (AvgIpc) is 2.40. The van der Waals surface area contributed by atoms with Crippen LogP contribution < -0.4 is 10.5 Å². The first-order valence-corrected chi connectivity index (χ1v) is 5.99. The second-order valence-electron chi connectivity index (χ2n) is 4.10. The largest absolute Gasteiger partial charge is 0.488 e. The number of halogens is 3. The minimum Gasteiger partial charge on any atom is -0.488 e.